The van der Waals surface area contributed by atoms with Crippen LogP contribution in [0.4, 0.5) is 0 Å². The average molecular weight is 871 g/mol. The van der Waals surface area contributed by atoms with Gasteiger partial charge in [-0.25, -0.2) is 0 Å². The van der Waals surface area contributed by atoms with E-state index in [1.807, 2.05) is 41.1 Å². The van der Waals surface area contributed by atoms with Gasteiger partial charge in [-0.1, -0.05) is 12.1 Å². The predicted molar refractivity (Wildman–Crippen MR) is 219 cm³/mol. The van der Waals surface area contributed by atoms with E-state index < -0.39 is 0 Å². The molecule has 13 heteroatoms. The molecule has 286 valence electrons. The van der Waals surface area contributed by atoms with Gasteiger partial charge in [0, 0.05) is 76.5 Å². The molecule has 1 N–H and O–H groups in total. The van der Waals surface area contributed by atoms with E-state index in [4.69, 9.17) is 9.84 Å². The summed E-state index contributed by atoms with van der Waals surface area (Å²) in [4.78, 5) is 36.4. The molecule has 0 aliphatic carbocycles. The summed E-state index contributed by atoms with van der Waals surface area (Å²) < 4.78 is 9.25. The zero-order chi connectivity index (χ0) is 37.4. The molecule has 6 saturated heterocycles. The van der Waals surface area contributed by atoms with Gasteiger partial charge in [-0.05, 0) is 138 Å². The fourth-order valence-corrected chi connectivity index (χ4v) is 11.4. The van der Waals surface area contributed by atoms with Crippen LogP contribution < -0.4 is 4.74 Å². The number of hydrogen-bond donors (Lipinski definition) is 1. The minimum atomic E-state index is 0.170. The number of benzene rings is 3. The smallest absolute Gasteiger partial charge is 0.254 e. The van der Waals surface area contributed by atoms with Crippen molar-refractivity contribution in [1.82, 2.24) is 39.6 Å². The Morgan fingerprint density at radius 3 is 1.89 bits per heavy atom. The van der Waals surface area contributed by atoms with Crippen LogP contribution in [0.15, 0.2) is 57.5 Å². The number of nitrogens with one attached hydrogen (secondary N) is 1. The quantitative estimate of drug-likeness (QED) is 0.219. The zero-order valence-corrected chi connectivity index (χ0v) is 34.3. The minimum Gasteiger partial charge on any atom is -0.497 e. The SMILES string of the molecule is COc1ccc(Cn2nc3c4c(ccc(Br)c42)C(=O)N([C@@H]2CN4CCC2CC4)CC3)cc1.O=C1c2ccc(Br)c3n[nH]c(c23)CCN1[C@@H]1CN2CCC1CC2. The number of ether oxygens (including phenoxy) is 1. The van der Waals surface area contributed by atoms with Crippen molar-refractivity contribution < 1.29 is 14.3 Å². The van der Waals surface area contributed by atoms with Crippen LogP contribution in [-0.2, 0) is 19.4 Å². The van der Waals surface area contributed by atoms with E-state index in [1.165, 1.54) is 51.9 Å². The molecule has 10 heterocycles. The molecule has 13 rings (SSSR count). The number of methoxy groups -OCH3 is 1. The molecule has 11 nitrogen and oxygen atoms in total. The number of carbonyl (C=O) groups excluding carboxylic acids is 2. The lowest BCUT2D eigenvalue weighted by atomic mass is 9.83. The number of aromatic nitrogens is 4. The third kappa shape index (κ3) is 6.20. The first-order valence-electron chi connectivity index (χ1n) is 19.9. The Bertz CT molecular complexity index is 2290. The molecular formula is C42H46Br2N8O3. The average Bonchev–Trinajstić information content (AvgIpc) is 3.74. The lowest BCUT2D eigenvalue weighted by Gasteiger charge is -2.49. The number of piperidine rings is 6. The maximum Gasteiger partial charge on any atom is 0.254 e. The van der Waals surface area contributed by atoms with Crippen LogP contribution in [-0.4, -0.2) is 123 Å². The maximum absolute atomic E-state index is 13.8. The Kier molecular flexibility index (Phi) is 9.27. The molecule has 2 aromatic heterocycles. The lowest BCUT2D eigenvalue weighted by Crippen LogP contribution is -2.58. The number of fused-ring (bicyclic) bond motifs is 6. The Morgan fingerprint density at radius 1 is 0.727 bits per heavy atom. The predicted octanol–water partition coefficient (Wildman–Crippen LogP) is 6.37. The van der Waals surface area contributed by atoms with Crippen LogP contribution in [0.5, 0.6) is 5.75 Å². The van der Waals surface area contributed by atoms with E-state index in [9.17, 15) is 9.59 Å². The number of halogens is 2. The zero-order valence-electron chi connectivity index (χ0n) is 31.1. The normalized spacial score (nSPS) is 27.0. The summed E-state index contributed by atoms with van der Waals surface area (Å²) in [5.74, 6) is 2.50. The van der Waals surface area contributed by atoms with E-state index >= 15 is 0 Å². The second-order valence-corrected chi connectivity index (χ2v) is 17.9. The van der Waals surface area contributed by atoms with Crippen molar-refractivity contribution in [2.45, 2.75) is 57.2 Å². The van der Waals surface area contributed by atoms with Crippen LogP contribution in [0.2, 0.25) is 0 Å². The molecule has 55 heavy (non-hydrogen) atoms. The first-order chi connectivity index (χ1) is 26.8. The van der Waals surface area contributed by atoms with Gasteiger partial charge in [0.05, 0.1) is 36.0 Å². The highest BCUT2D eigenvalue weighted by Crippen LogP contribution is 2.38. The lowest BCUT2D eigenvalue weighted by molar-refractivity contribution is 0.00797. The third-order valence-electron chi connectivity index (χ3n) is 13.4. The molecule has 2 amide bonds. The van der Waals surface area contributed by atoms with Gasteiger partial charge in [-0.15, -0.1) is 0 Å². The summed E-state index contributed by atoms with van der Waals surface area (Å²) in [5, 5.41) is 14.6. The van der Waals surface area contributed by atoms with Gasteiger partial charge in [0.2, 0.25) is 0 Å². The van der Waals surface area contributed by atoms with Crippen molar-refractivity contribution in [1.29, 1.82) is 0 Å². The monoisotopic (exact) mass is 868 g/mol. The van der Waals surface area contributed by atoms with Crippen molar-refractivity contribution in [3.8, 4) is 5.75 Å². The summed E-state index contributed by atoms with van der Waals surface area (Å²) in [6, 6.07) is 16.7. The van der Waals surface area contributed by atoms with Crippen molar-refractivity contribution >= 4 is 65.5 Å². The van der Waals surface area contributed by atoms with Gasteiger partial charge in [-0.3, -0.25) is 19.4 Å². The number of H-pyrrole nitrogens is 1. The van der Waals surface area contributed by atoms with Crippen LogP contribution in [0.3, 0.4) is 0 Å². The van der Waals surface area contributed by atoms with Crippen LogP contribution in [0, 0.1) is 11.8 Å². The number of carbonyl (C=O) groups is 2. The van der Waals surface area contributed by atoms with E-state index in [0.29, 0.717) is 30.5 Å². The first-order valence-corrected chi connectivity index (χ1v) is 21.5. The van der Waals surface area contributed by atoms with E-state index in [-0.39, 0.29) is 11.8 Å². The van der Waals surface area contributed by atoms with Crippen LogP contribution in [0.1, 0.15) is 63.4 Å². The molecule has 2 atom stereocenters. The molecule has 0 spiro atoms. The standard InChI is InChI=1S/C25H27BrN4O2.C17H19BrN4O/c1-32-18-4-2-16(3-5-18)14-30-24-20(26)7-6-19-23(24)21(27-30)10-13-29(25(19)31)22-15-28-11-8-17(22)9-12-28;18-12-2-1-11-15-13(19-20-16(12)15)5-8-22(17(11)23)14-9-21-6-3-10(14)4-7-21/h2-7,17,22H,8-15H2,1H3;1-2,10,14H,3-9H2,(H,19,20)/t22-;14-/m11/s1. The molecule has 3 aromatic carbocycles. The summed E-state index contributed by atoms with van der Waals surface area (Å²) in [6.45, 7) is 9.02. The second-order valence-electron chi connectivity index (χ2n) is 16.2. The van der Waals surface area contributed by atoms with Gasteiger partial charge in [0.25, 0.3) is 11.8 Å². The van der Waals surface area contributed by atoms with Crippen molar-refractivity contribution in [3.05, 3.63) is 85.6 Å². The van der Waals surface area contributed by atoms with Crippen molar-refractivity contribution in [3.63, 3.8) is 0 Å². The Morgan fingerprint density at radius 2 is 1.31 bits per heavy atom. The van der Waals surface area contributed by atoms with Gasteiger partial charge < -0.3 is 24.3 Å². The Hall–Kier alpha value is -3.78. The Labute approximate surface area is 337 Å². The molecule has 8 aliphatic rings. The van der Waals surface area contributed by atoms with Gasteiger partial charge in [-0.2, -0.15) is 10.2 Å². The Balaban J connectivity index is 0.000000143. The summed E-state index contributed by atoms with van der Waals surface area (Å²) >= 11 is 7.28. The van der Waals surface area contributed by atoms with Crippen LogP contribution >= 0.6 is 31.9 Å². The van der Waals surface area contributed by atoms with E-state index in [0.717, 1.165) is 104 Å². The molecule has 8 aliphatic heterocycles. The van der Waals surface area contributed by atoms with Gasteiger partial charge >= 0.3 is 0 Å². The highest BCUT2D eigenvalue weighted by atomic mass is 79.9. The van der Waals surface area contributed by atoms with Gasteiger partial charge in [0.1, 0.15) is 11.3 Å². The van der Waals surface area contributed by atoms with Crippen LogP contribution in [0.25, 0.3) is 21.8 Å². The number of amides is 2. The third-order valence-corrected chi connectivity index (χ3v) is 14.6. The highest BCUT2D eigenvalue weighted by Gasteiger charge is 2.42. The number of rotatable bonds is 5. The van der Waals surface area contributed by atoms with Crippen molar-refractivity contribution in [2.75, 3.05) is 59.5 Å². The second kappa shape index (κ2) is 14.3. The highest BCUT2D eigenvalue weighted by molar-refractivity contribution is 9.11. The van der Waals surface area contributed by atoms with Gasteiger partial charge in [0.15, 0.2) is 0 Å². The number of aromatic amines is 1. The van der Waals surface area contributed by atoms with E-state index in [1.54, 1.807) is 7.11 Å². The summed E-state index contributed by atoms with van der Waals surface area (Å²) in [6.07, 6.45) is 6.54. The van der Waals surface area contributed by atoms with E-state index in [2.05, 4.69) is 73.8 Å². The molecule has 4 bridgehead atoms. The fraction of sp³-hybridized carbons (Fsp3) is 0.476. The number of hydrogen-bond acceptors (Lipinski definition) is 7. The maximum atomic E-state index is 13.8. The summed E-state index contributed by atoms with van der Waals surface area (Å²) in [7, 11) is 1.68. The molecular weight excluding hydrogens is 824 g/mol. The van der Waals surface area contributed by atoms with Crippen molar-refractivity contribution in [2.24, 2.45) is 11.8 Å². The number of nitrogens with zero attached hydrogens (tertiary/aromatic N) is 7. The molecule has 6 fully saturated rings. The molecule has 0 unspecified atom stereocenters. The summed E-state index contributed by atoms with van der Waals surface area (Å²) in [5.41, 5.74) is 6.76. The fourth-order valence-electron chi connectivity index (χ4n) is 10.4. The largest absolute Gasteiger partial charge is 0.497 e. The molecule has 0 saturated carbocycles. The molecule has 0 radical (unpaired) electrons. The minimum absolute atomic E-state index is 0.170. The topological polar surface area (TPSA) is 103 Å². The molecule has 5 aromatic rings. The first kappa shape index (κ1) is 35.6.